The molecule has 1 aromatic heterocycles. The Morgan fingerprint density at radius 2 is 1.79 bits per heavy atom. The first-order chi connectivity index (χ1) is 14.3. The first-order valence-corrected chi connectivity index (χ1v) is 10.4. The number of fused-ring (bicyclic) bond motifs is 1. The number of rotatable bonds is 11. The zero-order chi connectivity index (χ0) is 20.3. The van der Waals surface area contributed by atoms with E-state index in [-0.39, 0.29) is 5.91 Å². The number of aromatic nitrogens is 1. The van der Waals surface area contributed by atoms with E-state index in [2.05, 4.69) is 22.4 Å². The number of para-hydroxylation sites is 1. The number of unbranched alkanes of at least 4 members (excludes halogenated alkanes) is 5. The minimum atomic E-state index is -0.238. The minimum absolute atomic E-state index is 0.238. The maximum absolute atomic E-state index is 12.3. The van der Waals surface area contributed by atoms with Crippen molar-refractivity contribution in [2.75, 3.05) is 6.61 Å². The number of ether oxygens (including phenoxy) is 1. The van der Waals surface area contributed by atoms with Gasteiger partial charge in [-0.25, -0.2) is 5.43 Å². The largest absolute Gasteiger partial charge is 0.494 e. The summed E-state index contributed by atoms with van der Waals surface area (Å²) in [6, 6.07) is 15.4. The van der Waals surface area contributed by atoms with Gasteiger partial charge in [-0.1, -0.05) is 57.2 Å². The summed E-state index contributed by atoms with van der Waals surface area (Å²) >= 11 is 0. The van der Waals surface area contributed by atoms with Gasteiger partial charge in [-0.2, -0.15) is 5.10 Å². The lowest BCUT2D eigenvalue weighted by molar-refractivity contribution is 0.0957. The van der Waals surface area contributed by atoms with E-state index in [0.717, 1.165) is 35.2 Å². The summed E-state index contributed by atoms with van der Waals surface area (Å²) in [6.45, 7) is 2.98. The molecule has 0 fully saturated rings. The van der Waals surface area contributed by atoms with E-state index in [4.69, 9.17) is 4.74 Å². The Balaban J connectivity index is 1.42. The molecule has 3 rings (SSSR count). The number of hydrogen-bond acceptors (Lipinski definition) is 3. The highest BCUT2D eigenvalue weighted by Gasteiger charge is 2.10. The van der Waals surface area contributed by atoms with Crippen LogP contribution in [0, 0.1) is 0 Å². The van der Waals surface area contributed by atoms with Gasteiger partial charge in [0.15, 0.2) is 0 Å². The van der Waals surface area contributed by atoms with Crippen LogP contribution < -0.4 is 10.2 Å². The number of amides is 1. The van der Waals surface area contributed by atoms with Crippen molar-refractivity contribution >= 4 is 23.0 Å². The first-order valence-electron chi connectivity index (χ1n) is 10.4. The molecule has 2 aromatic carbocycles. The van der Waals surface area contributed by atoms with Gasteiger partial charge in [-0.15, -0.1) is 0 Å². The minimum Gasteiger partial charge on any atom is -0.494 e. The van der Waals surface area contributed by atoms with Crippen LogP contribution in [0.4, 0.5) is 0 Å². The Morgan fingerprint density at radius 3 is 2.62 bits per heavy atom. The van der Waals surface area contributed by atoms with Crippen molar-refractivity contribution in [1.82, 2.24) is 10.4 Å². The van der Waals surface area contributed by atoms with Crippen LogP contribution in [0.5, 0.6) is 5.75 Å². The fourth-order valence-electron chi connectivity index (χ4n) is 3.21. The molecule has 5 nitrogen and oxygen atoms in total. The van der Waals surface area contributed by atoms with Gasteiger partial charge >= 0.3 is 0 Å². The number of aromatic amines is 1. The van der Waals surface area contributed by atoms with Gasteiger partial charge in [0.25, 0.3) is 5.91 Å². The Hall–Kier alpha value is -3.08. The van der Waals surface area contributed by atoms with Crippen LogP contribution in [0.15, 0.2) is 59.8 Å². The molecule has 0 atom stereocenters. The summed E-state index contributed by atoms with van der Waals surface area (Å²) in [5.41, 5.74) is 4.99. The van der Waals surface area contributed by atoms with Crippen molar-refractivity contribution in [3.05, 3.63) is 65.9 Å². The first kappa shape index (κ1) is 20.6. The standard InChI is InChI=1S/C24H29N3O2/c1-2-3-4-5-6-9-16-29-20-14-12-19(13-15-20)17-26-27-24(28)22-18-25-23-11-8-7-10-21(22)23/h7-8,10-15,17-18,25H,2-6,9,16H2,1H3,(H,27,28). The smallest absolute Gasteiger partial charge is 0.273 e. The predicted octanol–water partition coefficient (Wildman–Crippen LogP) is 5.67. The summed E-state index contributed by atoms with van der Waals surface area (Å²) < 4.78 is 5.78. The molecule has 0 bridgehead atoms. The molecular formula is C24H29N3O2. The van der Waals surface area contributed by atoms with Gasteiger partial charge in [0.05, 0.1) is 18.4 Å². The number of hydrazone groups is 1. The van der Waals surface area contributed by atoms with Crippen LogP contribution in [0.2, 0.25) is 0 Å². The van der Waals surface area contributed by atoms with E-state index in [1.165, 1.54) is 32.1 Å². The molecule has 0 spiro atoms. The molecule has 3 aromatic rings. The monoisotopic (exact) mass is 391 g/mol. The number of carbonyl (C=O) groups is 1. The maximum atomic E-state index is 12.3. The lowest BCUT2D eigenvalue weighted by atomic mass is 10.1. The number of nitrogens with zero attached hydrogens (tertiary/aromatic N) is 1. The zero-order valence-electron chi connectivity index (χ0n) is 17.0. The molecule has 0 saturated heterocycles. The molecule has 1 heterocycles. The molecule has 29 heavy (non-hydrogen) atoms. The zero-order valence-corrected chi connectivity index (χ0v) is 17.0. The summed E-state index contributed by atoms with van der Waals surface area (Å²) in [5.74, 6) is 0.621. The van der Waals surface area contributed by atoms with E-state index in [0.29, 0.717) is 5.56 Å². The second-order valence-electron chi connectivity index (χ2n) is 7.13. The topological polar surface area (TPSA) is 66.5 Å². The third-order valence-electron chi connectivity index (χ3n) is 4.86. The highest BCUT2D eigenvalue weighted by Crippen LogP contribution is 2.17. The number of carbonyl (C=O) groups excluding carboxylic acids is 1. The van der Waals surface area contributed by atoms with Crippen molar-refractivity contribution < 1.29 is 9.53 Å². The van der Waals surface area contributed by atoms with Gasteiger partial charge < -0.3 is 9.72 Å². The Morgan fingerprint density at radius 1 is 1.03 bits per heavy atom. The van der Waals surface area contributed by atoms with Gasteiger partial charge in [-0.3, -0.25) is 4.79 Å². The van der Waals surface area contributed by atoms with Crippen LogP contribution in [-0.2, 0) is 0 Å². The number of H-pyrrole nitrogens is 1. The third kappa shape index (κ3) is 6.21. The quantitative estimate of drug-likeness (QED) is 0.251. The maximum Gasteiger partial charge on any atom is 0.273 e. The van der Waals surface area contributed by atoms with Gasteiger partial charge in [0.1, 0.15) is 5.75 Å². The number of benzene rings is 2. The molecule has 0 radical (unpaired) electrons. The average molecular weight is 392 g/mol. The molecule has 0 saturated carbocycles. The molecule has 0 aliphatic carbocycles. The molecule has 0 aliphatic heterocycles. The average Bonchev–Trinajstić information content (AvgIpc) is 3.18. The van der Waals surface area contributed by atoms with Crippen LogP contribution in [0.1, 0.15) is 61.4 Å². The molecule has 1 amide bonds. The predicted molar refractivity (Wildman–Crippen MR) is 119 cm³/mol. The highest BCUT2D eigenvalue weighted by atomic mass is 16.5. The van der Waals surface area contributed by atoms with Crippen molar-refractivity contribution in [2.45, 2.75) is 45.4 Å². The van der Waals surface area contributed by atoms with E-state index in [1.54, 1.807) is 12.4 Å². The SMILES string of the molecule is CCCCCCCCOc1ccc(C=NNC(=O)c2c[nH]c3ccccc23)cc1. The molecule has 0 aliphatic rings. The van der Waals surface area contributed by atoms with Crippen molar-refractivity contribution in [2.24, 2.45) is 5.10 Å². The second kappa shape index (κ2) is 11.1. The second-order valence-corrected chi connectivity index (χ2v) is 7.13. The highest BCUT2D eigenvalue weighted by molar-refractivity contribution is 6.06. The Bertz CT molecular complexity index is 929. The molecule has 152 valence electrons. The van der Waals surface area contributed by atoms with Crippen LogP contribution in [0.25, 0.3) is 10.9 Å². The fourth-order valence-corrected chi connectivity index (χ4v) is 3.21. The van der Waals surface area contributed by atoms with E-state index < -0.39 is 0 Å². The fraction of sp³-hybridized carbons (Fsp3) is 0.333. The lowest BCUT2D eigenvalue weighted by Gasteiger charge is -2.06. The summed E-state index contributed by atoms with van der Waals surface area (Å²) in [7, 11) is 0. The number of nitrogens with one attached hydrogen (secondary N) is 2. The van der Waals surface area contributed by atoms with Gasteiger partial charge in [0, 0.05) is 17.1 Å². The number of hydrogen-bond donors (Lipinski definition) is 2. The van der Waals surface area contributed by atoms with Crippen LogP contribution in [-0.4, -0.2) is 23.7 Å². The third-order valence-corrected chi connectivity index (χ3v) is 4.86. The molecule has 2 N–H and O–H groups in total. The van der Waals surface area contributed by atoms with E-state index >= 15 is 0 Å². The van der Waals surface area contributed by atoms with E-state index in [9.17, 15) is 4.79 Å². The van der Waals surface area contributed by atoms with Gasteiger partial charge in [-0.05, 0) is 42.3 Å². The summed E-state index contributed by atoms with van der Waals surface area (Å²) in [5, 5.41) is 4.95. The molecule has 5 heteroatoms. The molecular weight excluding hydrogens is 362 g/mol. The van der Waals surface area contributed by atoms with Crippen molar-refractivity contribution in [3.63, 3.8) is 0 Å². The summed E-state index contributed by atoms with van der Waals surface area (Å²) in [4.78, 5) is 15.4. The van der Waals surface area contributed by atoms with Crippen molar-refractivity contribution in [1.29, 1.82) is 0 Å². The normalized spacial score (nSPS) is 11.2. The Kier molecular flexibility index (Phi) is 7.87. The van der Waals surface area contributed by atoms with Crippen molar-refractivity contribution in [3.8, 4) is 5.75 Å². The van der Waals surface area contributed by atoms with Crippen LogP contribution >= 0.6 is 0 Å². The van der Waals surface area contributed by atoms with Gasteiger partial charge in [0.2, 0.25) is 0 Å². The van der Waals surface area contributed by atoms with E-state index in [1.807, 2.05) is 48.5 Å². The molecule has 0 unspecified atom stereocenters. The summed E-state index contributed by atoms with van der Waals surface area (Å²) in [6.07, 6.45) is 10.9. The van der Waals surface area contributed by atoms with Crippen LogP contribution in [0.3, 0.4) is 0 Å². The Labute approximate surface area is 172 Å². The lowest BCUT2D eigenvalue weighted by Crippen LogP contribution is -2.17.